The van der Waals surface area contributed by atoms with Crippen LogP contribution in [0.3, 0.4) is 0 Å². The predicted octanol–water partition coefficient (Wildman–Crippen LogP) is 4.46. The lowest BCUT2D eigenvalue weighted by Crippen LogP contribution is -2.47. The molecule has 29 heavy (non-hydrogen) atoms. The van der Waals surface area contributed by atoms with Crippen LogP contribution in [0, 0.1) is 0 Å². The number of thiophene rings is 1. The highest BCUT2D eigenvalue weighted by Gasteiger charge is 2.48. The van der Waals surface area contributed by atoms with Crippen LogP contribution >= 0.6 is 11.3 Å². The molecule has 156 valence electrons. The lowest BCUT2D eigenvalue weighted by Gasteiger charge is -2.46. The van der Waals surface area contributed by atoms with E-state index in [4.69, 9.17) is 19.2 Å². The molecule has 3 aliphatic rings. The van der Waals surface area contributed by atoms with Crippen molar-refractivity contribution in [3.05, 3.63) is 40.3 Å². The highest BCUT2D eigenvalue weighted by molar-refractivity contribution is 7.10. The molecule has 2 aromatic rings. The Morgan fingerprint density at radius 2 is 1.97 bits per heavy atom. The van der Waals surface area contributed by atoms with Crippen molar-refractivity contribution < 1.29 is 14.2 Å². The topological polar surface area (TPSA) is 52.6 Å². The standard InChI is InChI=1S/C23H30N2O3S/c1-4-10-25-20(5-1)22(9-12-28-23(17-22)6-2-3-7-23)8-11-24-15-19-21-18(16-29-19)26-13-14-27-21/h1,4-5,10,16,24H,2-3,6-9,11-15,17H2/t22-/m1/s1. The van der Waals surface area contributed by atoms with Gasteiger partial charge in [-0.05, 0) is 50.8 Å². The second kappa shape index (κ2) is 8.25. The molecule has 0 unspecified atom stereocenters. The fourth-order valence-corrected chi connectivity index (χ4v) is 6.24. The van der Waals surface area contributed by atoms with E-state index in [1.54, 1.807) is 11.3 Å². The zero-order chi connectivity index (χ0) is 19.6. The largest absolute Gasteiger partial charge is 0.485 e. The Morgan fingerprint density at radius 3 is 2.83 bits per heavy atom. The molecular weight excluding hydrogens is 384 g/mol. The minimum atomic E-state index is 0.0772. The van der Waals surface area contributed by atoms with Crippen molar-refractivity contribution in [1.29, 1.82) is 0 Å². The molecule has 0 bridgehead atoms. The third kappa shape index (κ3) is 3.90. The average Bonchev–Trinajstić information content (AvgIpc) is 3.39. The summed E-state index contributed by atoms with van der Waals surface area (Å²) in [5.74, 6) is 1.83. The molecule has 1 saturated heterocycles. The van der Waals surface area contributed by atoms with Gasteiger partial charge in [0, 0.05) is 35.8 Å². The van der Waals surface area contributed by atoms with Gasteiger partial charge in [0.15, 0.2) is 11.5 Å². The molecular formula is C23H30N2O3S. The van der Waals surface area contributed by atoms with Crippen LogP contribution in [0.2, 0.25) is 0 Å². The number of nitrogens with one attached hydrogen (secondary N) is 1. The van der Waals surface area contributed by atoms with Crippen LogP contribution in [0.5, 0.6) is 11.5 Å². The Balaban J connectivity index is 1.27. The molecule has 6 heteroatoms. The molecule has 1 saturated carbocycles. The van der Waals surface area contributed by atoms with Crippen LogP contribution < -0.4 is 14.8 Å². The van der Waals surface area contributed by atoms with Gasteiger partial charge in [0.1, 0.15) is 13.2 Å². The molecule has 0 radical (unpaired) electrons. The van der Waals surface area contributed by atoms with Crippen molar-refractivity contribution in [3.8, 4) is 11.5 Å². The first-order valence-corrected chi connectivity index (χ1v) is 11.8. The van der Waals surface area contributed by atoms with Gasteiger partial charge in [-0.3, -0.25) is 4.98 Å². The second-order valence-electron chi connectivity index (χ2n) is 8.64. The van der Waals surface area contributed by atoms with Crippen molar-refractivity contribution in [2.24, 2.45) is 0 Å². The van der Waals surface area contributed by atoms with Crippen molar-refractivity contribution in [3.63, 3.8) is 0 Å². The lowest BCUT2D eigenvalue weighted by molar-refractivity contribution is -0.104. The summed E-state index contributed by atoms with van der Waals surface area (Å²) in [5.41, 5.74) is 1.42. The summed E-state index contributed by atoms with van der Waals surface area (Å²) in [5, 5.41) is 5.72. The highest BCUT2D eigenvalue weighted by Crippen LogP contribution is 2.49. The van der Waals surface area contributed by atoms with Crippen molar-refractivity contribution in [2.75, 3.05) is 26.4 Å². The average molecular weight is 415 g/mol. The van der Waals surface area contributed by atoms with Gasteiger partial charge in [0.2, 0.25) is 0 Å². The lowest BCUT2D eigenvalue weighted by atomic mass is 9.68. The first-order valence-electron chi connectivity index (χ1n) is 10.9. The summed E-state index contributed by atoms with van der Waals surface area (Å²) >= 11 is 1.72. The van der Waals surface area contributed by atoms with Crippen LogP contribution in [0.15, 0.2) is 29.8 Å². The van der Waals surface area contributed by atoms with E-state index in [1.807, 2.05) is 12.3 Å². The van der Waals surface area contributed by atoms with E-state index in [9.17, 15) is 0 Å². The molecule has 4 heterocycles. The molecule has 1 atom stereocenters. The van der Waals surface area contributed by atoms with E-state index in [0.717, 1.165) is 50.5 Å². The van der Waals surface area contributed by atoms with Gasteiger partial charge < -0.3 is 19.5 Å². The van der Waals surface area contributed by atoms with E-state index in [1.165, 1.54) is 36.3 Å². The van der Waals surface area contributed by atoms with Crippen molar-refractivity contribution in [1.82, 2.24) is 10.3 Å². The zero-order valence-corrected chi connectivity index (χ0v) is 17.8. The number of hydrogen-bond acceptors (Lipinski definition) is 6. The fraction of sp³-hybridized carbons (Fsp3) is 0.609. The number of nitrogens with zero attached hydrogens (tertiary/aromatic N) is 1. The molecule has 2 fully saturated rings. The summed E-state index contributed by atoms with van der Waals surface area (Å²) in [6, 6.07) is 6.36. The summed E-state index contributed by atoms with van der Waals surface area (Å²) in [4.78, 5) is 6.03. The molecule has 5 rings (SSSR count). The van der Waals surface area contributed by atoms with Gasteiger partial charge >= 0.3 is 0 Å². The minimum absolute atomic E-state index is 0.0772. The number of pyridine rings is 1. The fourth-order valence-electron chi connectivity index (χ4n) is 5.36. The summed E-state index contributed by atoms with van der Waals surface area (Å²) < 4.78 is 17.8. The minimum Gasteiger partial charge on any atom is -0.485 e. The van der Waals surface area contributed by atoms with Gasteiger partial charge in [-0.25, -0.2) is 0 Å². The zero-order valence-electron chi connectivity index (χ0n) is 17.0. The Morgan fingerprint density at radius 1 is 1.07 bits per heavy atom. The molecule has 1 spiro atoms. The second-order valence-corrected chi connectivity index (χ2v) is 9.60. The van der Waals surface area contributed by atoms with Crippen molar-refractivity contribution in [2.45, 2.75) is 62.5 Å². The van der Waals surface area contributed by atoms with E-state index in [0.29, 0.717) is 13.2 Å². The number of rotatable bonds is 6. The molecule has 1 aliphatic carbocycles. The Bertz CT molecular complexity index is 819. The Kier molecular flexibility index (Phi) is 5.50. The van der Waals surface area contributed by atoms with Crippen molar-refractivity contribution >= 4 is 11.3 Å². The third-order valence-electron chi connectivity index (χ3n) is 6.81. The number of fused-ring (bicyclic) bond motifs is 1. The predicted molar refractivity (Wildman–Crippen MR) is 114 cm³/mol. The van der Waals surface area contributed by atoms with Crippen LogP contribution in [0.25, 0.3) is 0 Å². The Labute approximate surface area is 176 Å². The van der Waals surface area contributed by atoms with E-state index < -0.39 is 0 Å². The summed E-state index contributed by atoms with van der Waals surface area (Å²) in [7, 11) is 0. The monoisotopic (exact) mass is 414 g/mol. The molecule has 1 N–H and O–H groups in total. The molecule has 0 aromatic carbocycles. The third-order valence-corrected chi connectivity index (χ3v) is 7.76. The quantitative estimate of drug-likeness (QED) is 0.708. The molecule has 2 aromatic heterocycles. The maximum atomic E-state index is 6.35. The van der Waals surface area contributed by atoms with E-state index in [-0.39, 0.29) is 11.0 Å². The maximum absolute atomic E-state index is 6.35. The van der Waals surface area contributed by atoms with E-state index >= 15 is 0 Å². The van der Waals surface area contributed by atoms with Gasteiger partial charge in [0.25, 0.3) is 0 Å². The molecule has 0 amide bonds. The van der Waals surface area contributed by atoms with Crippen LogP contribution in [0.4, 0.5) is 0 Å². The highest BCUT2D eigenvalue weighted by atomic mass is 32.1. The van der Waals surface area contributed by atoms with E-state index in [2.05, 4.69) is 22.8 Å². The SMILES string of the molecule is c1ccc([C@]2(CCNCc3scc4c3OCCO4)CCOC3(CCCC3)C2)nc1. The van der Waals surface area contributed by atoms with Gasteiger partial charge in [-0.1, -0.05) is 18.9 Å². The van der Waals surface area contributed by atoms with Gasteiger partial charge in [-0.2, -0.15) is 0 Å². The normalized spacial score (nSPS) is 25.4. The first-order chi connectivity index (χ1) is 14.3. The summed E-state index contributed by atoms with van der Waals surface area (Å²) in [6.45, 7) is 3.91. The number of ether oxygens (including phenoxy) is 3. The number of hydrogen-bond donors (Lipinski definition) is 1. The maximum Gasteiger partial charge on any atom is 0.176 e. The van der Waals surface area contributed by atoms with Crippen LogP contribution in [-0.4, -0.2) is 37.0 Å². The van der Waals surface area contributed by atoms with Gasteiger partial charge in [0.05, 0.1) is 10.5 Å². The molecule has 5 nitrogen and oxygen atoms in total. The van der Waals surface area contributed by atoms with Gasteiger partial charge in [-0.15, -0.1) is 11.3 Å². The molecule has 2 aliphatic heterocycles. The Hall–Kier alpha value is -1.63. The smallest absolute Gasteiger partial charge is 0.176 e. The van der Waals surface area contributed by atoms with Crippen LogP contribution in [-0.2, 0) is 16.7 Å². The summed E-state index contributed by atoms with van der Waals surface area (Å²) in [6.07, 6.45) is 10.2. The first kappa shape index (κ1) is 19.3. The van der Waals surface area contributed by atoms with Crippen LogP contribution in [0.1, 0.15) is 55.5 Å². The number of aromatic nitrogens is 1.